The highest BCUT2D eigenvalue weighted by Gasteiger charge is 2.09. The first-order valence-electron chi connectivity index (χ1n) is 6.77. The van der Waals surface area contributed by atoms with Crippen LogP contribution in [0.2, 0.25) is 0 Å². The third-order valence-corrected chi connectivity index (χ3v) is 3.12. The van der Waals surface area contributed by atoms with Crippen LogP contribution >= 0.6 is 0 Å². The van der Waals surface area contributed by atoms with Gasteiger partial charge < -0.3 is 10.1 Å². The van der Waals surface area contributed by atoms with Crippen molar-refractivity contribution in [3.05, 3.63) is 59.7 Å². The number of anilines is 1. The summed E-state index contributed by atoms with van der Waals surface area (Å²) in [4.78, 5) is 12.0. The second kappa shape index (κ2) is 6.75. The van der Waals surface area contributed by atoms with Gasteiger partial charge in [-0.25, -0.2) is 0 Å². The van der Waals surface area contributed by atoms with Crippen molar-refractivity contribution in [3.63, 3.8) is 0 Å². The molecule has 2 aromatic carbocycles. The number of para-hydroxylation sites is 2. The molecular weight excluding hydrogens is 250 g/mol. The lowest BCUT2D eigenvalue weighted by Crippen LogP contribution is -2.21. The second-order valence-electron chi connectivity index (χ2n) is 4.61. The molecule has 0 aromatic heterocycles. The molecule has 0 aliphatic carbocycles. The first-order chi connectivity index (χ1) is 9.70. The lowest BCUT2D eigenvalue weighted by Gasteiger charge is -2.13. The van der Waals surface area contributed by atoms with Gasteiger partial charge in [0.2, 0.25) is 0 Å². The number of benzene rings is 2. The molecule has 0 saturated heterocycles. The van der Waals surface area contributed by atoms with E-state index in [0.717, 1.165) is 23.2 Å². The molecule has 0 radical (unpaired) electrons. The Hall–Kier alpha value is -2.29. The summed E-state index contributed by atoms with van der Waals surface area (Å²) in [7, 11) is 0. The zero-order valence-electron chi connectivity index (χ0n) is 11.8. The highest BCUT2D eigenvalue weighted by Crippen LogP contribution is 2.21. The lowest BCUT2D eigenvalue weighted by molar-refractivity contribution is -0.118. The van der Waals surface area contributed by atoms with Crippen molar-refractivity contribution in [3.8, 4) is 5.75 Å². The predicted octanol–water partition coefficient (Wildman–Crippen LogP) is 3.57. The van der Waals surface area contributed by atoms with Crippen molar-refractivity contribution in [1.29, 1.82) is 0 Å². The normalized spacial score (nSPS) is 10.1. The Morgan fingerprint density at radius 3 is 2.55 bits per heavy atom. The highest BCUT2D eigenvalue weighted by atomic mass is 16.5. The molecule has 1 N–H and O–H groups in total. The molecule has 0 bridgehead atoms. The Balaban J connectivity index is 1.98. The SMILES string of the molecule is CCc1cccc(C)c1NC(=O)COc1ccccc1. The standard InChI is InChI=1S/C17H19NO2/c1-3-14-9-7-8-13(2)17(14)18-16(19)12-20-15-10-5-4-6-11-15/h4-11H,3,12H2,1-2H3,(H,18,19). The minimum absolute atomic E-state index is 0.0154. The van der Waals surface area contributed by atoms with Crippen LogP contribution in [0.25, 0.3) is 0 Å². The molecule has 0 unspecified atom stereocenters. The van der Waals surface area contributed by atoms with E-state index in [0.29, 0.717) is 5.75 Å². The van der Waals surface area contributed by atoms with Crippen LogP contribution in [0.3, 0.4) is 0 Å². The van der Waals surface area contributed by atoms with Gasteiger partial charge in [-0.05, 0) is 36.6 Å². The average molecular weight is 269 g/mol. The maximum Gasteiger partial charge on any atom is 0.262 e. The van der Waals surface area contributed by atoms with Crippen molar-refractivity contribution >= 4 is 11.6 Å². The molecule has 0 saturated carbocycles. The fraction of sp³-hybridized carbons (Fsp3) is 0.235. The first-order valence-corrected chi connectivity index (χ1v) is 6.77. The lowest BCUT2D eigenvalue weighted by atomic mass is 10.1. The van der Waals surface area contributed by atoms with Gasteiger partial charge in [0, 0.05) is 5.69 Å². The number of rotatable bonds is 5. The Kier molecular flexibility index (Phi) is 4.77. The number of hydrogen-bond donors (Lipinski definition) is 1. The van der Waals surface area contributed by atoms with Crippen molar-refractivity contribution < 1.29 is 9.53 Å². The molecule has 1 amide bonds. The van der Waals surface area contributed by atoms with Crippen LogP contribution in [0, 0.1) is 6.92 Å². The van der Waals surface area contributed by atoms with Crippen LogP contribution in [-0.4, -0.2) is 12.5 Å². The van der Waals surface area contributed by atoms with E-state index in [1.165, 1.54) is 0 Å². The van der Waals surface area contributed by atoms with Gasteiger partial charge in [-0.1, -0.05) is 43.3 Å². The van der Waals surface area contributed by atoms with Crippen LogP contribution in [-0.2, 0) is 11.2 Å². The van der Waals surface area contributed by atoms with E-state index in [2.05, 4.69) is 12.2 Å². The average Bonchev–Trinajstić information content (AvgIpc) is 2.48. The predicted molar refractivity (Wildman–Crippen MR) is 81.1 cm³/mol. The summed E-state index contributed by atoms with van der Waals surface area (Å²) in [6.07, 6.45) is 0.886. The van der Waals surface area contributed by atoms with E-state index in [9.17, 15) is 4.79 Å². The Bertz CT molecular complexity index is 579. The Labute approximate surface area is 119 Å². The van der Waals surface area contributed by atoms with Crippen molar-refractivity contribution in [2.24, 2.45) is 0 Å². The van der Waals surface area contributed by atoms with Gasteiger partial charge >= 0.3 is 0 Å². The van der Waals surface area contributed by atoms with Gasteiger partial charge in [0.25, 0.3) is 5.91 Å². The smallest absolute Gasteiger partial charge is 0.262 e. The number of carbonyl (C=O) groups is 1. The minimum Gasteiger partial charge on any atom is -0.484 e. The third-order valence-electron chi connectivity index (χ3n) is 3.12. The largest absolute Gasteiger partial charge is 0.484 e. The molecule has 3 nitrogen and oxygen atoms in total. The quantitative estimate of drug-likeness (QED) is 0.901. The summed E-state index contributed by atoms with van der Waals surface area (Å²) < 4.78 is 5.44. The summed E-state index contributed by atoms with van der Waals surface area (Å²) in [6, 6.07) is 15.4. The molecular formula is C17H19NO2. The summed E-state index contributed by atoms with van der Waals surface area (Å²) in [5.74, 6) is 0.556. The number of aryl methyl sites for hydroxylation is 2. The van der Waals surface area contributed by atoms with Crippen LogP contribution in [0.15, 0.2) is 48.5 Å². The van der Waals surface area contributed by atoms with Crippen LogP contribution in [0.4, 0.5) is 5.69 Å². The number of nitrogens with one attached hydrogen (secondary N) is 1. The van der Waals surface area contributed by atoms with Gasteiger partial charge in [-0.3, -0.25) is 4.79 Å². The summed E-state index contributed by atoms with van der Waals surface area (Å²) in [5, 5.41) is 2.94. The number of hydrogen-bond acceptors (Lipinski definition) is 2. The molecule has 104 valence electrons. The molecule has 0 heterocycles. The first kappa shape index (κ1) is 14.1. The van der Waals surface area contributed by atoms with E-state index in [1.807, 2.05) is 55.5 Å². The summed E-state index contributed by atoms with van der Waals surface area (Å²) in [6.45, 7) is 4.08. The molecule has 0 aliphatic rings. The molecule has 20 heavy (non-hydrogen) atoms. The fourth-order valence-electron chi connectivity index (χ4n) is 2.04. The van der Waals surface area contributed by atoms with Gasteiger partial charge in [0.1, 0.15) is 5.75 Å². The molecule has 0 fully saturated rings. The van der Waals surface area contributed by atoms with Crippen molar-refractivity contribution in [2.75, 3.05) is 11.9 Å². The van der Waals surface area contributed by atoms with Gasteiger partial charge in [-0.15, -0.1) is 0 Å². The molecule has 0 spiro atoms. The van der Waals surface area contributed by atoms with Gasteiger partial charge in [0.15, 0.2) is 6.61 Å². The van der Waals surface area contributed by atoms with E-state index in [-0.39, 0.29) is 12.5 Å². The number of ether oxygens (including phenoxy) is 1. The van der Waals surface area contributed by atoms with E-state index < -0.39 is 0 Å². The van der Waals surface area contributed by atoms with Crippen LogP contribution < -0.4 is 10.1 Å². The molecule has 0 atom stereocenters. The highest BCUT2D eigenvalue weighted by molar-refractivity contribution is 5.93. The van der Waals surface area contributed by atoms with Crippen LogP contribution in [0.5, 0.6) is 5.75 Å². The zero-order valence-corrected chi connectivity index (χ0v) is 11.8. The van der Waals surface area contributed by atoms with Gasteiger partial charge in [-0.2, -0.15) is 0 Å². The monoisotopic (exact) mass is 269 g/mol. The maximum absolute atomic E-state index is 12.0. The molecule has 2 aromatic rings. The molecule has 0 aliphatic heterocycles. The summed E-state index contributed by atoms with van der Waals surface area (Å²) >= 11 is 0. The number of carbonyl (C=O) groups excluding carboxylic acids is 1. The maximum atomic E-state index is 12.0. The zero-order chi connectivity index (χ0) is 14.4. The third kappa shape index (κ3) is 3.60. The number of amides is 1. The molecule has 3 heteroatoms. The van der Waals surface area contributed by atoms with E-state index in [1.54, 1.807) is 0 Å². The van der Waals surface area contributed by atoms with E-state index in [4.69, 9.17) is 4.74 Å². The Morgan fingerprint density at radius 1 is 1.10 bits per heavy atom. The van der Waals surface area contributed by atoms with E-state index >= 15 is 0 Å². The van der Waals surface area contributed by atoms with Crippen molar-refractivity contribution in [2.45, 2.75) is 20.3 Å². The Morgan fingerprint density at radius 2 is 1.85 bits per heavy atom. The van der Waals surface area contributed by atoms with Crippen molar-refractivity contribution in [1.82, 2.24) is 0 Å². The van der Waals surface area contributed by atoms with Gasteiger partial charge in [0.05, 0.1) is 0 Å². The van der Waals surface area contributed by atoms with Crippen LogP contribution in [0.1, 0.15) is 18.1 Å². The minimum atomic E-state index is -0.141. The molecule has 2 rings (SSSR count). The fourth-order valence-corrected chi connectivity index (χ4v) is 2.04. The second-order valence-corrected chi connectivity index (χ2v) is 4.61. The topological polar surface area (TPSA) is 38.3 Å². The summed E-state index contributed by atoms with van der Waals surface area (Å²) in [5.41, 5.74) is 3.10.